The van der Waals surface area contributed by atoms with Crippen LogP contribution in [0.2, 0.25) is 0 Å². The van der Waals surface area contributed by atoms with Crippen LogP contribution in [0.3, 0.4) is 0 Å². The summed E-state index contributed by atoms with van der Waals surface area (Å²) in [6.07, 6.45) is -3.92. The van der Waals surface area contributed by atoms with E-state index < -0.39 is 11.7 Å². The molecule has 4 rings (SSSR count). The highest BCUT2D eigenvalue weighted by atomic mass is 19.4. The maximum Gasteiger partial charge on any atom is 0.417 e. The molecule has 7 nitrogen and oxygen atoms in total. The molecule has 2 aliphatic rings. The van der Waals surface area contributed by atoms with Crippen molar-refractivity contribution in [2.75, 3.05) is 44.3 Å². The molecule has 2 fully saturated rings. The van der Waals surface area contributed by atoms with E-state index in [4.69, 9.17) is 10.00 Å². The average molecular weight is 490 g/mol. The molecule has 1 aromatic heterocycles. The highest BCUT2D eigenvalue weighted by molar-refractivity contribution is 5.96. The quantitative estimate of drug-likeness (QED) is 0.636. The Morgan fingerprint density at radius 2 is 2.06 bits per heavy atom. The third-order valence-electron chi connectivity index (χ3n) is 7.53. The molecular weight excluding hydrogens is 459 g/mol. The average Bonchev–Trinajstić information content (AvgIpc) is 3.32. The van der Waals surface area contributed by atoms with Gasteiger partial charge in [0, 0.05) is 62.5 Å². The highest BCUT2D eigenvalue weighted by Crippen LogP contribution is 2.45. The molecule has 35 heavy (non-hydrogen) atoms. The van der Waals surface area contributed by atoms with E-state index in [1.54, 1.807) is 16.8 Å². The first-order valence-electron chi connectivity index (χ1n) is 11.7. The number of aromatic nitrogens is 2. The molecule has 2 aromatic rings. The molecule has 0 saturated carbocycles. The monoisotopic (exact) mass is 489 g/mol. The molecule has 2 saturated heterocycles. The van der Waals surface area contributed by atoms with E-state index in [1.165, 1.54) is 6.07 Å². The molecule has 10 heteroatoms. The second kappa shape index (κ2) is 9.19. The lowest BCUT2D eigenvalue weighted by atomic mass is 9.73. The predicted octanol–water partition coefficient (Wildman–Crippen LogP) is 3.93. The van der Waals surface area contributed by atoms with Crippen LogP contribution in [0, 0.1) is 36.5 Å². The van der Waals surface area contributed by atoms with Gasteiger partial charge in [0.25, 0.3) is 5.91 Å². The number of halogens is 3. The first-order chi connectivity index (χ1) is 16.5. The second-order valence-corrected chi connectivity index (χ2v) is 9.59. The number of ether oxygens (including phenoxy) is 1. The van der Waals surface area contributed by atoms with Gasteiger partial charge in [-0.2, -0.15) is 23.5 Å². The molecule has 1 amide bonds. The summed E-state index contributed by atoms with van der Waals surface area (Å²) in [7, 11) is 1.81. The van der Waals surface area contributed by atoms with Crippen LogP contribution in [0.15, 0.2) is 18.2 Å². The van der Waals surface area contributed by atoms with Gasteiger partial charge in [0.15, 0.2) is 0 Å². The van der Waals surface area contributed by atoms with Crippen molar-refractivity contribution in [1.82, 2.24) is 14.7 Å². The number of piperidine rings is 1. The summed E-state index contributed by atoms with van der Waals surface area (Å²) in [5, 5.41) is 13.5. The van der Waals surface area contributed by atoms with Gasteiger partial charge in [-0.05, 0) is 45.4 Å². The third kappa shape index (κ3) is 4.49. The number of carbonyl (C=O) groups is 1. The van der Waals surface area contributed by atoms with E-state index >= 15 is 0 Å². The molecule has 3 heterocycles. The number of rotatable bonds is 5. The van der Waals surface area contributed by atoms with Crippen LogP contribution in [-0.2, 0) is 18.0 Å². The fourth-order valence-electron chi connectivity index (χ4n) is 5.52. The van der Waals surface area contributed by atoms with E-state index in [0.29, 0.717) is 62.8 Å². The minimum atomic E-state index is -4.61. The van der Waals surface area contributed by atoms with Crippen molar-refractivity contribution in [2.24, 2.45) is 18.4 Å². The maximum absolute atomic E-state index is 13.5. The van der Waals surface area contributed by atoms with Gasteiger partial charge in [-0.15, -0.1) is 0 Å². The predicted molar refractivity (Wildman–Crippen MR) is 124 cm³/mol. The van der Waals surface area contributed by atoms with E-state index in [2.05, 4.69) is 5.10 Å². The van der Waals surface area contributed by atoms with Gasteiger partial charge in [-0.25, -0.2) is 0 Å². The summed E-state index contributed by atoms with van der Waals surface area (Å²) in [6.45, 7) is 8.76. The number of anilines is 1. The third-order valence-corrected chi connectivity index (χ3v) is 7.53. The number of hydrogen-bond donors (Lipinski definition) is 0. The van der Waals surface area contributed by atoms with E-state index in [0.717, 1.165) is 11.8 Å². The van der Waals surface area contributed by atoms with Crippen LogP contribution >= 0.6 is 0 Å². The molecule has 2 atom stereocenters. The number of likely N-dealkylation sites (tertiary alicyclic amines) is 1. The van der Waals surface area contributed by atoms with Gasteiger partial charge < -0.3 is 14.5 Å². The molecule has 0 spiro atoms. The number of aryl methyl sites for hydroxylation is 2. The normalized spacial score (nSPS) is 22.3. The second-order valence-electron chi connectivity index (χ2n) is 9.59. The minimum Gasteiger partial charge on any atom is -0.381 e. The van der Waals surface area contributed by atoms with Gasteiger partial charge >= 0.3 is 6.18 Å². The largest absolute Gasteiger partial charge is 0.417 e. The number of fused-ring (bicyclic) bond motifs is 1. The van der Waals surface area contributed by atoms with Crippen molar-refractivity contribution in [1.29, 1.82) is 5.26 Å². The molecule has 0 N–H and O–H groups in total. The number of benzene rings is 1. The fraction of sp³-hybridized carbons (Fsp3) is 0.560. The van der Waals surface area contributed by atoms with Crippen molar-refractivity contribution in [2.45, 2.75) is 33.4 Å². The van der Waals surface area contributed by atoms with Crippen LogP contribution in [-0.4, -0.2) is 60.0 Å². The van der Waals surface area contributed by atoms with Crippen molar-refractivity contribution in [3.8, 4) is 6.07 Å². The van der Waals surface area contributed by atoms with Gasteiger partial charge in [-0.1, -0.05) is 0 Å². The van der Waals surface area contributed by atoms with Gasteiger partial charge in [0.2, 0.25) is 0 Å². The SMILES string of the molecule is CCOCC12CCN(c3ccc(C#N)c(C(F)(F)F)c3)CC1CN(C(=O)c1c(C)nn(C)c1C)C2. The van der Waals surface area contributed by atoms with Crippen molar-refractivity contribution >= 4 is 11.6 Å². The Balaban J connectivity index is 1.61. The topological polar surface area (TPSA) is 74.4 Å². The first-order valence-corrected chi connectivity index (χ1v) is 11.7. The number of nitriles is 1. The summed E-state index contributed by atoms with van der Waals surface area (Å²) in [4.78, 5) is 17.3. The van der Waals surface area contributed by atoms with E-state index in [1.807, 2.05) is 37.6 Å². The maximum atomic E-state index is 13.5. The lowest BCUT2D eigenvalue weighted by molar-refractivity contribution is -0.137. The molecule has 0 radical (unpaired) electrons. The standard InChI is InChI=1S/C25H30F3N5O2/c1-5-35-15-24-8-9-32(20-7-6-18(11-29)21(10-20)25(26,27)28)12-19(24)13-33(14-24)23(34)22-16(2)30-31(4)17(22)3/h6-7,10,19H,5,8-9,12-15H2,1-4H3. The van der Waals surface area contributed by atoms with Gasteiger partial charge in [0.05, 0.1) is 35.1 Å². The number of amides is 1. The summed E-state index contributed by atoms with van der Waals surface area (Å²) in [5.41, 5.74) is 0.966. The number of alkyl halides is 3. The highest BCUT2D eigenvalue weighted by Gasteiger charge is 2.51. The lowest BCUT2D eigenvalue weighted by Crippen LogP contribution is -2.49. The van der Waals surface area contributed by atoms with Crippen molar-refractivity contribution in [3.05, 3.63) is 46.3 Å². The Bertz CT molecular complexity index is 1170. The number of hydrogen-bond acceptors (Lipinski definition) is 5. The zero-order valence-electron chi connectivity index (χ0n) is 20.4. The van der Waals surface area contributed by atoms with Crippen LogP contribution in [0.4, 0.5) is 18.9 Å². The van der Waals surface area contributed by atoms with Crippen LogP contribution in [0.25, 0.3) is 0 Å². The Morgan fingerprint density at radius 1 is 1.31 bits per heavy atom. The molecule has 188 valence electrons. The Labute approximate surface area is 203 Å². The lowest BCUT2D eigenvalue weighted by Gasteiger charge is -2.44. The summed E-state index contributed by atoms with van der Waals surface area (Å²) < 4.78 is 48.1. The van der Waals surface area contributed by atoms with Crippen LogP contribution in [0.1, 0.15) is 46.2 Å². The van der Waals surface area contributed by atoms with Crippen LogP contribution in [0.5, 0.6) is 0 Å². The Hall–Kier alpha value is -3.06. The number of carbonyl (C=O) groups excluding carboxylic acids is 1. The first kappa shape index (κ1) is 25.0. The number of nitrogens with zero attached hydrogens (tertiary/aromatic N) is 5. The molecule has 1 aromatic carbocycles. The van der Waals surface area contributed by atoms with Gasteiger partial charge in [0.1, 0.15) is 0 Å². The fourth-order valence-corrected chi connectivity index (χ4v) is 5.52. The molecule has 2 unspecified atom stereocenters. The molecule has 0 bridgehead atoms. The van der Waals surface area contributed by atoms with E-state index in [-0.39, 0.29) is 22.8 Å². The molecular formula is C25H30F3N5O2. The van der Waals surface area contributed by atoms with Crippen LogP contribution < -0.4 is 4.90 Å². The zero-order valence-corrected chi connectivity index (χ0v) is 20.4. The smallest absolute Gasteiger partial charge is 0.381 e. The Kier molecular flexibility index (Phi) is 6.58. The van der Waals surface area contributed by atoms with Crippen molar-refractivity contribution in [3.63, 3.8) is 0 Å². The minimum absolute atomic E-state index is 0.0361. The van der Waals surface area contributed by atoms with Gasteiger partial charge in [-0.3, -0.25) is 9.48 Å². The summed E-state index contributed by atoms with van der Waals surface area (Å²) >= 11 is 0. The summed E-state index contributed by atoms with van der Waals surface area (Å²) in [5.74, 6) is -0.0309. The van der Waals surface area contributed by atoms with Crippen molar-refractivity contribution < 1.29 is 22.7 Å². The zero-order chi connectivity index (χ0) is 25.5. The summed E-state index contributed by atoms with van der Waals surface area (Å²) in [6, 6.07) is 5.51. The Morgan fingerprint density at radius 3 is 2.66 bits per heavy atom. The van der Waals surface area contributed by atoms with E-state index in [9.17, 15) is 18.0 Å². The molecule has 2 aliphatic heterocycles. The molecule has 0 aliphatic carbocycles.